The van der Waals surface area contributed by atoms with Crippen LogP contribution in [0.25, 0.3) is 5.76 Å². The second-order valence-electron chi connectivity index (χ2n) is 8.14. The van der Waals surface area contributed by atoms with Gasteiger partial charge >= 0.3 is 0 Å². The van der Waals surface area contributed by atoms with Gasteiger partial charge in [0.2, 0.25) is 0 Å². The third-order valence-electron chi connectivity index (χ3n) is 6.46. The first-order chi connectivity index (χ1) is 16.5. The Balaban J connectivity index is 1.79. The van der Waals surface area contributed by atoms with Gasteiger partial charge in [0, 0.05) is 31.3 Å². The number of Topliss-reactive ketones (excluding diaryl/α,β-unsaturated/α-hetero) is 1. The van der Waals surface area contributed by atoms with Gasteiger partial charge in [0.05, 0.1) is 17.9 Å². The number of likely N-dealkylation sites (tertiary alicyclic amines) is 1. The predicted molar refractivity (Wildman–Crippen MR) is 122 cm³/mol. The fourth-order valence-electron chi connectivity index (χ4n) is 5.00. The van der Waals surface area contributed by atoms with Crippen molar-refractivity contribution < 1.29 is 33.7 Å². The number of carbonyl (C=O) groups excluding carboxylic acids is 3. The molecule has 2 aromatic carbocycles. The Morgan fingerprint density at radius 3 is 2.56 bits per heavy atom. The van der Waals surface area contributed by atoms with E-state index in [0.717, 1.165) is 0 Å². The molecule has 176 valence electrons. The lowest BCUT2D eigenvalue weighted by atomic mass is 9.82. The lowest BCUT2D eigenvalue weighted by molar-refractivity contribution is -0.144. The first kappa shape index (κ1) is 22.0. The van der Waals surface area contributed by atoms with Crippen LogP contribution in [0.4, 0.5) is 5.69 Å². The number of rotatable bonds is 5. The van der Waals surface area contributed by atoms with Gasteiger partial charge in [-0.05, 0) is 31.2 Å². The topological polar surface area (TPSA) is 106 Å². The highest BCUT2D eigenvalue weighted by Gasteiger charge is 2.66. The number of nitrogens with zero attached hydrogens (tertiary/aromatic N) is 2. The summed E-state index contributed by atoms with van der Waals surface area (Å²) in [5.41, 5.74) is -0.757. The number of fused-ring (bicyclic) bond motifs is 3. The average molecular weight is 464 g/mol. The van der Waals surface area contributed by atoms with E-state index in [4.69, 9.17) is 14.2 Å². The smallest absolute Gasteiger partial charge is 0.296 e. The van der Waals surface area contributed by atoms with Crippen LogP contribution in [0.3, 0.4) is 0 Å². The van der Waals surface area contributed by atoms with Crippen molar-refractivity contribution in [3.05, 3.63) is 59.2 Å². The Morgan fingerprint density at radius 1 is 1.09 bits per heavy atom. The zero-order chi connectivity index (χ0) is 24.0. The SMILES string of the molecule is CCN1C(=O)[C@]2(C(=C(O)c3ccc4c(c3)OCCO4)C(=O)C(=O)N2CCOC)c2ccccc21. The molecule has 0 radical (unpaired) electrons. The number of amides is 2. The molecule has 0 aliphatic carbocycles. The number of anilines is 1. The quantitative estimate of drug-likeness (QED) is 0.410. The van der Waals surface area contributed by atoms with Gasteiger partial charge in [0.15, 0.2) is 17.0 Å². The highest BCUT2D eigenvalue weighted by atomic mass is 16.6. The molecule has 1 saturated heterocycles. The van der Waals surface area contributed by atoms with Crippen LogP contribution in [0.1, 0.15) is 18.1 Å². The van der Waals surface area contributed by atoms with Gasteiger partial charge in [-0.2, -0.15) is 0 Å². The van der Waals surface area contributed by atoms with Crippen molar-refractivity contribution in [2.45, 2.75) is 12.5 Å². The minimum absolute atomic E-state index is 0.00335. The molecule has 0 saturated carbocycles. The van der Waals surface area contributed by atoms with Crippen molar-refractivity contribution >= 4 is 29.0 Å². The molecule has 3 aliphatic heterocycles. The molecule has 1 fully saturated rings. The van der Waals surface area contributed by atoms with Crippen LogP contribution in [0.5, 0.6) is 11.5 Å². The van der Waals surface area contributed by atoms with Gasteiger partial charge in [-0.3, -0.25) is 14.4 Å². The van der Waals surface area contributed by atoms with Crippen LogP contribution >= 0.6 is 0 Å². The number of methoxy groups -OCH3 is 1. The summed E-state index contributed by atoms with van der Waals surface area (Å²) in [6, 6.07) is 11.8. The van der Waals surface area contributed by atoms with E-state index in [1.54, 1.807) is 42.5 Å². The fraction of sp³-hybridized carbons (Fsp3) is 0.320. The van der Waals surface area contributed by atoms with Crippen molar-refractivity contribution in [3.8, 4) is 11.5 Å². The monoisotopic (exact) mass is 464 g/mol. The number of ketones is 1. The highest BCUT2D eigenvalue weighted by Crippen LogP contribution is 2.53. The number of para-hydroxylation sites is 1. The zero-order valence-electron chi connectivity index (χ0n) is 18.9. The molecule has 0 aromatic heterocycles. The van der Waals surface area contributed by atoms with Crippen LogP contribution in [0.15, 0.2) is 48.0 Å². The average Bonchev–Trinajstić information content (AvgIpc) is 3.24. The molecule has 0 bridgehead atoms. The van der Waals surface area contributed by atoms with Crippen LogP contribution in [0, 0.1) is 0 Å². The Morgan fingerprint density at radius 2 is 1.82 bits per heavy atom. The normalized spacial score (nSPS) is 22.6. The van der Waals surface area contributed by atoms with Crippen molar-refractivity contribution in [2.75, 3.05) is 44.9 Å². The Kier molecular flexibility index (Phi) is 5.28. The molecule has 9 heteroatoms. The molecule has 2 amide bonds. The number of carbonyl (C=O) groups is 3. The molecule has 9 nitrogen and oxygen atoms in total. The number of ether oxygens (including phenoxy) is 3. The summed E-state index contributed by atoms with van der Waals surface area (Å²) < 4.78 is 16.3. The third kappa shape index (κ3) is 2.86. The molecule has 3 aliphatic rings. The minimum Gasteiger partial charge on any atom is -0.507 e. The van der Waals surface area contributed by atoms with Crippen molar-refractivity contribution in [1.82, 2.24) is 4.90 Å². The minimum atomic E-state index is -1.79. The summed E-state index contributed by atoms with van der Waals surface area (Å²) in [4.78, 5) is 43.4. The van der Waals surface area contributed by atoms with Crippen LogP contribution in [0.2, 0.25) is 0 Å². The largest absolute Gasteiger partial charge is 0.507 e. The summed E-state index contributed by atoms with van der Waals surface area (Å²) in [5.74, 6) is -1.78. The molecule has 0 unspecified atom stereocenters. The van der Waals surface area contributed by atoms with E-state index in [0.29, 0.717) is 42.5 Å². The first-order valence-corrected chi connectivity index (χ1v) is 11.1. The molecule has 3 heterocycles. The van der Waals surface area contributed by atoms with Crippen molar-refractivity contribution in [3.63, 3.8) is 0 Å². The third-order valence-corrected chi connectivity index (χ3v) is 6.46. The lowest BCUT2D eigenvalue weighted by Crippen LogP contribution is -2.52. The van der Waals surface area contributed by atoms with Gasteiger partial charge in [0.25, 0.3) is 17.6 Å². The molecule has 5 rings (SSSR count). The summed E-state index contributed by atoms with van der Waals surface area (Å²) in [7, 11) is 1.47. The number of aliphatic hydroxyl groups excluding tert-OH is 1. The highest BCUT2D eigenvalue weighted by molar-refractivity contribution is 6.50. The van der Waals surface area contributed by atoms with E-state index in [-0.39, 0.29) is 24.3 Å². The van der Waals surface area contributed by atoms with E-state index in [9.17, 15) is 19.5 Å². The molecule has 1 spiro atoms. The predicted octanol–water partition coefficient (Wildman–Crippen LogP) is 2.05. The summed E-state index contributed by atoms with van der Waals surface area (Å²) >= 11 is 0. The number of benzene rings is 2. The van der Waals surface area contributed by atoms with Gasteiger partial charge in [-0.1, -0.05) is 18.2 Å². The maximum atomic E-state index is 14.0. The molecular weight excluding hydrogens is 440 g/mol. The Bertz CT molecular complexity index is 1240. The van der Waals surface area contributed by atoms with Crippen LogP contribution in [-0.2, 0) is 24.7 Å². The number of likely N-dealkylation sites (N-methyl/N-ethyl adjacent to an activating group) is 1. The Hall–Kier alpha value is -3.85. The second-order valence-corrected chi connectivity index (χ2v) is 8.14. The summed E-state index contributed by atoms with van der Waals surface area (Å²) in [5, 5.41) is 11.5. The van der Waals surface area contributed by atoms with E-state index < -0.39 is 28.9 Å². The van der Waals surface area contributed by atoms with Gasteiger partial charge < -0.3 is 29.1 Å². The summed E-state index contributed by atoms with van der Waals surface area (Å²) in [6.45, 7) is 3.00. The second kappa shape index (κ2) is 8.18. The number of hydrogen-bond donors (Lipinski definition) is 1. The maximum Gasteiger partial charge on any atom is 0.296 e. The van der Waals surface area contributed by atoms with Gasteiger partial charge in [-0.25, -0.2) is 0 Å². The van der Waals surface area contributed by atoms with E-state index >= 15 is 0 Å². The lowest BCUT2D eigenvalue weighted by Gasteiger charge is -2.34. The zero-order valence-corrected chi connectivity index (χ0v) is 18.9. The maximum absolute atomic E-state index is 14.0. The molecule has 34 heavy (non-hydrogen) atoms. The van der Waals surface area contributed by atoms with E-state index in [1.807, 2.05) is 6.92 Å². The van der Waals surface area contributed by atoms with Crippen molar-refractivity contribution in [1.29, 1.82) is 0 Å². The van der Waals surface area contributed by atoms with Crippen LogP contribution < -0.4 is 14.4 Å². The number of hydrogen-bond acceptors (Lipinski definition) is 7. The Labute approximate surface area is 196 Å². The molecule has 1 N–H and O–H groups in total. The number of aliphatic hydroxyl groups is 1. The molecule has 1 atom stereocenters. The van der Waals surface area contributed by atoms with E-state index in [2.05, 4.69) is 0 Å². The fourth-order valence-corrected chi connectivity index (χ4v) is 5.00. The first-order valence-electron chi connectivity index (χ1n) is 11.1. The molecule has 2 aromatic rings. The standard InChI is InChI=1S/C25H24N2O7/c1-3-26-17-7-5-4-6-16(17)25(24(26)31)20(22(29)23(30)27(25)10-11-32-2)21(28)15-8-9-18-19(14-15)34-13-12-33-18/h4-9,14,28H,3,10-13H2,1-2H3/t25-/m1/s1. The van der Waals surface area contributed by atoms with Crippen molar-refractivity contribution in [2.24, 2.45) is 0 Å². The van der Waals surface area contributed by atoms with E-state index in [1.165, 1.54) is 16.9 Å². The molecular formula is C25H24N2O7. The van der Waals surface area contributed by atoms with Gasteiger partial charge in [-0.15, -0.1) is 0 Å². The van der Waals surface area contributed by atoms with Gasteiger partial charge in [0.1, 0.15) is 19.0 Å². The summed E-state index contributed by atoms with van der Waals surface area (Å²) in [6.07, 6.45) is 0. The van der Waals surface area contributed by atoms with Crippen LogP contribution in [-0.4, -0.2) is 67.6 Å².